The van der Waals surface area contributed by atoms with Crippen molar-refractivity contribution in [3.63, 3.8) is 0 Å². The van der Waals surface area contributed by atoms with E-state index in [-0.39, 0.29) is 0 Å². The monoisotopic (exact) mass is 232 g/mol. The summed E-state index contributed by atoms with van der Waals surface area (Å²) < 4.78 is 5.19. The lowest BCUT2D eigenvalue weighted by Crippen LogP contribution is -2.28. The number of ether oxygens (including phenoxy) is 1. The number of methoxy groups -OCH3 is 1. The quantitative estimate of drug-likeness (QED) is 0.738. The molecule has 0 atom stereocenters. The van der Waals surface area contributed by atoms with Crippen LogP contribution in [0.4, 0.5) is 5.69 Å². The normalized spacial score (nSPS) is 15.3. The van der Waals surface area contributed by atoms with Crippen LogP contribution in [0.5, 0.6) is 5.75 Å². The summed E-state index contributed by atoms with van der Waals surface area (Å²) in [6.07, 6.45) is 1.87. The predicted octanol–water partition coefficient (Wildman–Crippen LogP) is 0.770. The van der Waals surface area contributed by atoms with Crippen LogP contribution in [0, 0.1) is 0 Å². The first kappa shape index (κ1) is 11.3. The number of amidine groups is 1. The molecule has 0 amide bonds. The summed E-state index contributed by atoms with van der Waals surface area (Å²) in [5, 5.41) is 0. The van der Waals surface area contributed by atoms with Gasteiger partial charge in [0.15, 0.2) is 0 Å². The molecule has 0 saturated heterocycles. The van der Waals surface area contributed by atoms with E-state index in [9.17, 15) is 0 Å². The lowest BCUT2D eigenvalue weighted by atomic mass is 10.1. The molecule has 1 aliphatic rings. The van der Waals surface area contributed by atoms with Gasteiger partial charge >= 0.3 is 0 Å². The molecule has 1 aromatic carbocycles. The lowest BCUT2D eigenvalue weighted by Gasteiger charge is -2.22. The molecule has 90 valence electrons. The van der Waals surface area contributed by atoms with Gasteiger partial charge in [-0.25, -0.2) is 0 Å². The van der Waals surface area contributed by atoms with Crippen LogP contribution in [-0.4, -0.2) is 31.4 Å². The molecule has 0 unspecified atom stereocenters. The molecule has 17 heavy (non-hydrogen) atoms. The Balaban J connectivity index is 2.35. The molecule has 5 nitrogen and oxygen atoms in total. The van der Waals surface area contributed by atoms with E-state index >= 15 is 0 Å². The molecular formula is C12H16N4O. The van der Waals surface area contributed by atoms with E-state index in [1.54, 1.807) is 7.11 Å². The Morgan fingerprint density at radius 3 is 2.76 bits per heavy atom. The summed E-state index contributed by atoms with van der Waals surface area (Å²) in [5.41, 5.74) is 13.8. The Hall–Kier alpha value is -2.17. The third-order valence-electron chi connectivity index (χ3n) is 2.60. The highest BCUT2D eigenvalue weighted by molar-refractivity contribution is 6.00. The Morgan fingerprint density at radius 1 is 1.35 bits per heavy atom. The summed E-state index contributed by atoms with van der Waals surface area (Å²) in [6.45, 7) is 0.520. The minimum Gasteiger partial charge on any atom is -0.495 e. The second kappa shape index (κ2) is 4.37. The van der Waals surface area contributed by atoms with E-state index in [4.69, 9.17) is 16.2 Å². The van der Waals surface area contributed by atoms with Crippen LogP contribution < -0.4 is 16.2 Å². The summed E-state index contributed by atoms with van der Waals surface area (Å²) in [5.74, 6) is 1.51. The number of anilines is 1. The van der Waals surface area contributed by atoms with E-state index in [0.29, 0.717) is 18.0 Å². The summed E-state index contributed by atoms with van der Waals surface area (Å²) >= 11 is 0. The van der Waals surface area contributed by atoms with E-state index in [1.165, 1.54) is 0 Å². The number of benzene rings is 1. The van der Waals surface area contributed by atoms with Crippen LogP contribution in [0.3, 0.4) is 0 Å². The zero-order valence-electron chi connectivity index (χ0n) is 9.97. The number of nitrogen functional groups attached to an aromatic ring is 1. The Bertz CT molecular complexity index is 493. The second-order valence-corrected chi connectivity index (χ2v) is 3.91. The number of hydrogen-bond acceptors (Lipinski definition) is 5. The Morgan fingerprint density at radius 2 is 2.12 bits per heavy atom. The molecule has 2 rings (SSSR count). The van der Waals surface area contributed by atoms with Gasteiger partial charge < -0.3 is 21.1 Å². The van der Waals surface area contributed by atoms with Crippen molar-refractivity contribution in [3.8, 4) is 5.75 Å². The average Bonchev–Trinajstić information content (AvgIpc) is 2.30. The standard InChI is InChI=1S/C12H16N4O/c1-16-7-9(13)6-15-12(16)8-3-4-10(14)11(5-8)17-2/h3-5,7H,6,13-14H2,1-2H3. The first-order valence-electron chi connectivity index (χ1n) is 5.29. The molecule has 1 heterocycles. The van der Waals surface area contributed by atoms with Crippen molar-refractivity contribution < 1.29 is 4.74 Å². The van der Waals surface area contributed by atoms with Gasteiger partial charge in [-0.05, 0) is 18.2 Å². The fourth-order valence-corrected chi connectivity index (χ4v) is 1.77. The summed E-state index contributed by atoms with van der Waals surface area (Å²) in [4.78, 5) is 6.31. The topological polar surface area (TPSA) is 76.9 Å². The predicted molar refractivity (Wildman–Crippen MR) is 68.8 cm³/mol. The molecule has 1 aliphatic heterocycles. The highest BCUT2D eigenvalue weighted by atomic mass is 16.5. The van der Waals surface area contributed by atoms with Crippen LogP contribution in [0.25, 0.3) is 0 Å². The fourth-order valence-electron chi connectivity index (χ4n) is 1.77. The van der Waals surface area contributed by atoms with Crippen LogP contribution in [0.1, 0.15) is 5.56 Å². The number of nitrogens with zero attached hydrogens (tertiary/aromatic N) is 2. The number of hydrogen-bond donors (Lipinski definition) is 2. The van der Waals surface area contributed by atoms with Gasteiger partial charge in [0.25, 0.3) is 0 Å². The van der Waals surface area contributed by atoms with Gasteiger partial charge in [-0.2, -0.15) is 0 Å². The first-order chi connectivity index (χ1) is 8.11. The SMILES string of the molecule is COc1cc(C2=NCC(N)=CN2C)ccc1N. The summed E-state index contributed by atoms with van der Waals surface area (Å²) in [7, 11) is 3.51. The maximum Gasteiger partial charge on any atom is 0.142 e. The van der Waals surface area contributed by atoms with Crippen molar-refractivity contribution in [2.24, 2.45) is 10.7 Å². The largest absolute Gasteiger partial charge is 0.495 e. The lowest BCUT2D eigenvalue weighted by molar-refractivity contribution is 0.417. The molecule has 0 fully saturated rings. The molecule has 0 bridgehead atoms. The van der Waals surface area contributed by atoms with Gasteiger partial charge in [0, 0.05) is 24.5 Å². The smallest absolute Gasteiger partial charge is 0.142 e. The number of aliphatic imine (C=N–C) groups is 1. The molecule has 1 aromatic rings. The summed E-state index contributed by atoms with van der Waals surface area (Å²) in [6, 6.07) is 5.61. The van der Waals surface area contributed by atoms with Crippen molar-refractivity contribution in [2.45, 2.75) is 0 Å². The average molecular weight is 232 g/mol. The van der Waals surface area contributed by atoms with E-state index in [0.717, 1.165) is 17.1 Å². The Kier molecular flexibility index (Phi) is 2.91. The van der Waals surface area contributed by atoms with E-state index in [1.807, 2.05) is 36.3 Å². The maximum atomic E-state index is 5.78. The highest BCUT2D eigenvalue weighted by Gasteiger charge is 2.13. The van der Waals surface area contributed by atoms with Crippen LogP contribution >= 0.6 is 0 Å². The van der Waals surface area contributed by atoms with Crippen molar-refractivity contribution >= 4 is 11.5 Å². The van der Waals surface area contributed by atoms with Crippen molar-refractivity contribution in [1.29, 1.82) is 0 Å². The van der Waals surface area contributed by atoms with Gasteiger partial charge in [-0.3, -0.25) is 4.99 Å². The molecule has 0 saturated carbocycles. The van der Waals surface area contributed by atoms with Crippen molar-refractivity contribution in [1.82, 2.24) is 4.90 Å². The zero-order valence-corrected chi connectivity index (χ0v) is 9.97. The van der Waals surface area contributed by atoms with Gasteiger partial charge in [-0.1, -0.05) is 0 Å². The third kappa shape index (κ3) is 2.18. The molecule has 0 spiro atoms. The fraction of sp³-hybridized carbons (Fsp3) is 0.250. The van der Waals surface area contributed by atoms with Crippen LogP contribution in [0.2, 0.25) is 0 Å². The van der Waals surface area contributed by atoms with Crippen molar-refractivity contribution in [3.05, 3.63) is 35.7 Å². The maximum absolute atomic E-state index is 5.78. The minimum absolute atomic E-state index is 0.520. The van der Waals surface area contributed by atoms with E-state index < -0.39 is 0 Å². The zero-order chi connectivity index (χ0) is 12.4. The van der Waals surface area contributed by atoms with Crippen molar-refractivity contribution in [2.75, 3.05) is 26.4 Å². The Labute approximate surface area is 100 Å². The first-order valence-corrected chi connectivity index (χ1v) is 5.29. The number of rotatable bonds is 2. The minimum atomic E-state index is 0.520. The van der Waals surface area contributed by atoms with Gasteiger partial charge in [0.05, 0.1) is 19.3 Å². The molecule has 0 aliphatic carbocycles. The molecule has 5 heteroatoms. The van der Waals surface area contributed by atoms with Crippen LogP contribution in [0.15, 0.2) is 35.1 Å². The third-order valence-corrected chi connectivity index (χ3v) is 2.60. The van der Waals surface area contributed by atoms with Gasteiger partial charge in [0.1, 0.15) is 11.6 Å². The molecular weight excluding hydrogens is 216 g/mol. The van der Waals surface area contributed by atoms with Crippen LogP contribution in [-0.2, 0) is 0 Å². The second-order valence-electron chi connectivity index (χ2n) is 3.91. The van der Waals surface area contributed by atoms with Gasteiger partial charge in [0.2, 0.25) is 0 Å². The molecule has 0 radical (unpaired) electrons. The molecule has 4 N–H and O–H groups in total. The van der Waals surface area contributed by atoms with E-state index in [2.05, 4.69) is 4.99 Å². The molecule has 0 aromatic heterocycles. The van der Waals surface area contributed by atoms with Gasteiger partial charge in [-0.15, -0.1) is 0 Å². The highest BCUT2D eigenvalue weighted by Crippen LogP contribution is 2.23. The number of nitrogens with two attached hydrogens (primary N) is 2.